The van der Waals surface area contributed by atoms with Crippen molar-refractivity contribution in [3.63, 3.8) is 0 Å². The zero-order valence-corrected chi connectivity index (χ0v) is 11.9. The lowest BCUT2D eigenvalue weighted by Crippen LogP contribution is -2.41. The Morgan fingerprint density at radius 3 is 2.40 bits per heavy atom. The van der Waals surface area contributed by atoms with E-state index >= 15 is 0 Å². The Morgan fingerprint density at radius 2 is 1.80 bits per heavy atom. The first-order chi connectivity index (χ1) is 9.66. The van der Waals surface area contributed by atoms with Gasteiger partial charge in [-0.2, -0.15) is 0 Å². The molecule has 0 saturated carbocycles. The highest BCUT2D eigenvalue weighted by Gasteiger charge is 2.23. The highest BCUT2D eigenvalue weighted by atomic mass is 16.5. The number of carbonyl (C=O) groups excluding carboxylic acids is 2. The van der Waals surface area contributed by atoms with Gasteiger partial charge in [-0.3, -0.25) is 4.79 Å². The predicted octanol–water partition coefficient (Wildman–Crippen LogP) is 2.00. The number of morpholine rings is 1. The van der Waals surface area contributed by atoms with E-state index in [9.17, 15) is 9.59 Å². The summed E-state index contributed by atoms with van der Waals surface area (Å²) in [6.07, 6.45) is 0.809. The quantitative estimate of drug-likeness (QED) is 0.825. The van der Waals surface area contributed by atoms with Gasteiger partial charge in [0, 0.05) is 25.9 Å². The van der Waals surface area contributed by atoms with Gasteiger partial charge >= 0.3 is 0 Å². The summed E-state index contributed by atoms with van der Waals surface area (Å²) < 4.78 is 5.26. The van der Waals surface area contributed by atoms with Crippen LogP contribution in [0.1, 0.15) is 31.2 Å². The third-order valence-electron chi connectivity index (χ3n) is 3.59. The van der Waals surface area contributed by atoms with Crippen LogP contribution in [0.2, 0.25) is 0 Å². The maximum absolute atomic E-state index is 12.3. The first-order valence-electron chi connectivity index (χ1n) is 7.06. The maximum atomic E-state index is 12.3. The van der Waals surface area contributed by atoms with Crippen LogP contribution >= 0.6 is 0 Å². The normalized spacial score (nSPS) is 16.8. The summed E-state index contributed by atoms with van der Waals surface area (Å²) in [7, 11) is 0. The molecule has 108 valence electrons. The molecule has 1 aromatic rings. The molecule has 4 nitrogen and oxygen atoms in total. The number of hydrogen-bond donors (Lipinski definition) is 0. The molecule has 0 N–H and O–H groups in total. The van der Waals surface area contributed by atoms with Gasteiger partial charge in [0.25, 0.3) is 0 Å². The number of benzene rings is 1. The highest BCUT2D eigenvalue weighted by molar-refractivity contribution is 5.80. The van der Waals surface area contributed by atoms with Gasteiger partial charge in [0.2, 0.25) is 5.91 Å². The van der Waals surface area contributed by atoms with Gasteiger partial charge < -0.3 is 14.4 Å². The molecule has 2 rings (SSSR count). The average Bonchev–Trinajstić information content (AvgIpc) is 2.48. The van der Waals surface area contributed by atoms with Gasteiger partial charge in [0.15, 0.2) is 0 Å². The van der Waals surface area contributed by atoms with E-state index in [0.717, 1.165) is 5.56 Å². The van der Waals surface area contributed by atoms with E-state index in [-0.39, 0.29) is 17.6 Å². The Labute approximate surface area is 119 Å². The average molecular weight is 275 g/mol. The number of Topliss-reactive ketones (excluding diaryl/α,β-unsaturated/α-hetero) is 1. The minimum atomic E-state index is -0.0240. The number of rotatable bonds is 5. The summed E-state index contributed by atoms with van der Waals surface area (Å²) in [6, 6.07) is 9.81. The van der Waals surface area contributed by atoms with E-state index in [4.69, 9.17) is 4.74 Å². The van der Waals surface area contributed by atoms with Crippen molar-refractivity contribution >= 4 is 11.7 Å². The van der Waals surface area contributed by atoms with Crippen LogP contribution in [-0.2, 0) is 14.3 Å². The van der Waals surface area contributed by atoms with E-state index in [0.29, 0.717) is 39.1 Å². The third kappa shape index (κ3) is 4.17. The summed E-state index contributed by atoms with van der Waals surface area (Å²) >= 11 is 0. The van der Waals surface area contributed by atoms with Crippen molar-refractivity contribution in [3.05, 3.63) is 35.9 Å². The number of amides is 1. The first kappa shape index (κ1) is 14.7. The smallest absolute Gasteiger partial charge is 0.223 e. The van der Waals surface area contributed by atoms with Gasteiger partial charge in [-0.25, -0.2) is 0 Å². The standard InChI is InChI=1S/C16H21NO3/c1-13(18)11-15(14-5-3-2-4-6-14)12-16(19)17-7-9-20-10-8-17/h2-6,15H,7-12H2,1H3/t15-/m1/s1. The van der Waals surface area contributed by atoms with Crippen LogP contribution in [0.4, 0.5) is 0 Å². The SMILES string of the molecule is CC(=O)C[C@H](CC(=O)N1CCOCC1)c1ccccc1. The van der Waals surface area contributed by atoms with Gasteiger partial charge in [-0.1, -0.05) is 30.3 Å². The van der Waals surface area contributed by atoms with Crippen molar-refractivity contribution in [2.45, 2.75) is 25.7 Å². The Bertz CT molecular complexity index is 452. The van der Waals surface area contributed by atoms with Crippen molar-refractivity contribution in [1.29, 1.82) is 0 Å². The monoisotopic (exact) mass is 275 g/mol. The molecular weight excluding hydrogens is 254 g/mol. The summed E-state index contributed by atoms with van der Waals surface area (Å²) in [5.41, 5.74) is 1.06. The second-order valence-electron chi connectivity index (χ2n) is 5.21. The zero-order valence-electron chi connectivity index (χ0n) is 11.9. The van der Waals surface area contributed by atoms with Gasteiger partial charge in [0.05, 0.1) is 13.2 Å². The van der Waals surface area contributed by atoms with E-state index in [1.165, 1.54) is 0 Å². The van der Waals surface area contributed by atoms with Gasteiger partial charge in [0.1, 0.15) is 5.78 Å². The summed E-state index contributed by atoms with van der Waals surface area (Å²) in [4.78, 5) is 25.6. The lowest BCUT2D eigenvalue weighted by atomic mass is 9.90. The number of nitrogens with zero attached hydrogens (tertiary/aromatic N) is 1. The fourth-order valence-electron chi connectivity index (χ4n) is 2.53. The molecule has 1 atom stereocenters. The molecule has 1 aromatic carbocycles. The molecule has 4 heteroatoms. The Morgan fingerprint density at radius 1 is 1.15 bits per heavy atom. The molecule has 1 saturated heterocycles. The Hall–Kier alpha value is -1.68. The number of ketones is 1. The lowest BCUT2D eigenvalue weighted by molar-refractivity contribution is -0.135. The molecule has 1 aliphatic rings. The molecule has 0 unspecified atom stereocenters. The molecule has 0 radical (unpaired) electrons. The van der Waals surface area contributed by atoms with E-state index < -0.39 is 0 Å². The molecule has 0 aliphatic carbocycles. The topological polar surface area (TPSA) is 46.6 Å². The van der Waals surface area contributed by atoms with Crippen LogP contribution in [0.25, 0.3) is 0 Å². The van der Waals surface area contributed by atoms with E-state index in [1.807, 2.05) is 35.2 Å². The molecule has 0 aromatic heterocycles. The molecule has 1 heterocycles. The fraction of sp³-hybridized carbons (Fsp3) is 0.500. The Kier molecular flexibility index (Phi) is 5.30. The Balaban J connectivity index is 2.03. The van der Waals surface area contributed by atoms with Crippen LogP contribution in [0.5, 0.6) is 0 Å². The molecule has 0 spiro atoms. The van der Waals surface area contributed by atoms with Gasteiger partial charge in [-0.05, 0) is 18.4 Å². The van der Waals surface area contributed by atoms with Crippen LogP contribution in [0.3, 0.4) is 0 Å². The second-order valence-corrected chi connectivity index (χ2v) is 5.21. The van der Waals surface area contributed by atoms with Crippen LogP contribution < -0.4 is 0 Å². The van der Waals surface area contributed by atoms with Crippen molar-refractivity contribution < 1.29 is 14.3 Å². The third-order valence-corrected chi connectivity index (χ3v) is 3.59. The van der Waals surface area contributed by atoms with Crippen LogP contribution in [0.15, 0.2) is 30.3 Å². The van der Waals surface area contributed by atoms with Crippen molar-refractivity contribution in [2.24, 2.45) is 0 Å². The van der Waals surface area contributed by atoms with Crippen molar-refractivity contribution in [1.82, 2.24) is 4.90 Å². The first-order valence-corrected chi connectivity index (χ1v) is 7.06. The molecule has 20 heavy (non-hydrogen) atoms. The number of hydrogen-bond acceptors (Lipinski definition) is 3. The van der Waals surface area contributed by atoms with Crippen LogP contribution in [-0.4, -0.2) is 42.9 Å². The van der Waals surface area contributed by atoms with Crippen LogP contribution in [0, 0.1) is 0 Å². The van der Waals surface area contributed by atoms with Crippen molar-refractivity contribution in [2.75, 3.05) is 26.3 Å². The van der Waals surface area contributed by atoms with Crippen molar-refractivity contribution in [3.8, 4) is 0 Å². The molecule has 1 aliphatic heterocycles. The second kappa shape index (κ2) is 7.20. The molecular formula is C16H21NO3. The maximum Gasteiger partial charge on any atom is 0.223 e. The molecule has 0 bridgehead atoms. The molecule has 1 fully saturated rings. The minimum absolute atomic E-state index is 0.0240. The minimum Gasteiger partial charge on any atom is -0.378 e. The van der Waals surface area contributed by atoms with E-state index in [1.54, 1.807) is 6.92 Å². The van der Waals surface area contributed by atoms with Gasteiger partial charge in [-0.15, -0.1) is 0 Å². The number of carbonyl (C=O) groups is 2. The number of ether oxygens (including phenoxy) is 1. The van der Waals surface area contributed by atoms with E-state index in [2.05, 4.69) is 0 Å². The molecule has 1 amide bonds. The predicted molar refractivity (Wildman–Crippen MR) is 76.5 cm³/mol. The highest BCUT2D eigenvalue weighted by Crippen LogP contribution is 2.24. The fourth-order valence-corrected chi connectivity index (χ4v) is 2.53. The summed E-state index contributed by atoms with van der Waals surface area (Å²) in [5, 5.41) is 0. The largest absolute Gasteiger partial charge is 0.378 e. The zero-order chi connectivity index (χ0) is 14.4. The lowest BCUT2D eigenvalue weighted by Gasteiger charge is -2.28. The summed E-state index contributed by atoms with van der Waals surface area (Å²) in [6.45, 7) is 4.10. The summed E-state index contributed by atoms with van der Waals surface area (Å²) in [5.74, 6) is 0.209.